The molecule has 1 fully saturated rings. The normalized spacial score (nSPS) is 16.1. The van der Waals surface area contributed by atoms with Gasteiger partial charge < -0.3 is 24.2 Å². The number of anilines is 1. The summed E-state index contributed by atoms with van der Waals surface area (Å²) in [6, 6.07) is 16.9. The summed E-state index contributed by atoms with van der Waals surface area (Å²) >= 11 is 0. The number of piperazine rings is 1. The van der Waals surface area contributed by atoms with Crippen LogP contribution >= 0.6 is 0 Å². The summed E-state index contributed by atoms with van der Waals surface area (Å²) in [7, 11) is 2.95. The van der Waals surface area contributed by atoms with Gasteiger partial charge in [0.1, 0.15) is 18.0 Å². The minimum atomic E-state index is -0.393. The molecule has 1 amide bonds. The van der Waals surface area contributed by atoms with Gasteiger partial charge >= 0.3 is 0 Å². The van der Waals surface area contributed by atoms with Crippen LogP contribution in [-0.2, 0) is 14.3 Å². The first-order chi connectivity index (χ1) is 16.6. The van der Waals surface area contributed by atoms with Crippen molar-refractivity contribution < 1.29 is 23.9 Å². The van der Waals surface area contributed by atoms with Gasteiger partial charge in [0.15, 0.2) is 0 Å². The summed E-state index contributed by atoms with van der Waals surface area (Å²) in [6.07, 6.45) is 0. The van der Waals surface area contributed by atoms with E-state index in [1.807, 2.05) is 23.1 Å². The fourth-order valence-corrected chi connectivity index (χ4v) is 4.47. The standard InChI is InChI=1S/C26H29N3O5/c1-33-17-16-29(22(30)18-34-2)24-23(25(31)20-10-6-7-11-21(20)26(24)32)28-14-12-27(13-15-28)19-8-4-3-5-9-19/h3-11H,12-18H2,1-2H3. The molecular formula is C26H29N3O5. The van der Waals surface area contributed by atoms with E-state index < -0.39 is 5.91 Å². The number of hydrogen-bond acceptors (Lipinski definition) is 7. The van der Waals surface area contributed by atoms with E-state index in [0.717, 1.165) is 5.69 Å². The molecule has 0 spiro atoms. The zero-order valence-corrected chi connectivity index (χ0v) is 19.5. The minimum absolute atomic E-state index is 0.107. The molecule has 8 nitrogen and oxygen atoms in total. The Hall–Kier alpha value is -3.49. The van der Waals surface area contributed by atoms with Gasteiger partial charge in [-0.3, -0.25) is 14.4 Å². The van der Waals surface area contributed by atoms with E-state index in [9.17, 15) is 14.4 Å². The van der Waals surface area contributed by atoms with Gasteiger partial charge in [0.2, 0.25) is 11.6 Å². The fourth-order valence-electron chi connectivity index (χ4n) is 4.47. The fraction of sp³-hybridized carbons (Fsp3) is 0.346. The summed E-state index contributed by atoms with van der Waals surface area (Å²) in [5.74, 6) is -0.974. The average molecular weight is 464 g/mol. The molecule has 2 aromatic rings. The Labute approximate surface area is 199 Å². The number of allylic oxidation sites excluding steroid dienone is 2. The second-order valence-electron chi connectivity index (χ2n) is 8.18. The summed E-state index contributed by atoms with van der Waals surface area (Å²) in [6.45, 7) is 2.63. The molecule has 1 aliphatic carbocycles. The topological polar surface area (TPSA) is 79.4 Å². The molecule has 34 heavy (non-hydrogen) atoms. The van der Waals surface area contributed by atoms with Crippen LogP contribution in [0.1, 0.15) is 20.7 Å². The summed E-state index contributed by atoms with van der Waals surface area (Å²) in [4.78, 5) is 45.9. The molecule has 0 radical (unpaired) electrons. The SMILES string of the molecule is COCCN(C(=O)COC)C1=C(N2CCN(c3ccccc3)CC2)C(=O)c2ccccc2C1=O. The average Bonchev–Trinajstić information content (AvgIpc) is 2.88. The highest BCUT2D eigenvalue weighted by Gasteiger charge is 2.40. The second kappa shape index (κ2) is 10.6. The lowest BCUT2D eigenvalue weighted by atomic mass is 9.88. The maximum atomic E-state index is 13.7. The highest BCUT2D eigenvalue weighted by atomic mass is 16.5. The molecule has 1 saturated heterocycles. The number of carbonyl (C=O) groups excluding carboxylic acids is 3. The molecule has 4 rings (SSSR count). The quantitative estimate of drug-likeness (QED) is 0.594. The number of amides is 1. The first kappa shape index (κ1) is 23.7. The molecule has 1 aliphatic heterocycles. The van der Waals surface area contributed by atoms with Gasteiger partial charge in [0.05, 0.1) is 6.61 Å². The van der Waals surface area contributed by atoms with E-state index in [1.54, 1.807) is 24.3 Å². The van der Waals surface area contributed by atoms with Gasteiger partial charge in [-0.05, 0) is 12.1 Å². The summed E-state index contributed by atoms with van der Waals surface area (Å²) in [5.41, 5.74) is 2.17. The van der Waals surface area contributed by atoms with E-state index in [4.69, 9.17) is 9.47 Å². The van der Waals surface area contributed by atoms with Crippen molar-refractivity contribution in [2.75, 3.05) is 65.1 Å². The maximum absolute atomic E-state index is 13.7. The predicted octanol–water partition coefficient (Wildman–Crippen LogP) is 2.22. The first-order valence-electron chi connectivity index (χ1n) is 11.3. The van der Waals surface area contributed by atoms with Crippen LogP contribution in [0.4, 0.5) is 5.69 Å². The van der Waals surface area contributed by atoms with E-state index in [2.05, 4.69) is 17.0 Å². The van der Waals surface area contributed by atoms with E-state index >= 15 is 0 Å². The van der Waals surface area contributed by atoms with Crippen LogP contribution in [-0.4, -0.2) is 87.4 Å². The number of ketones is 2. The van der Waals surface area contributed by atoms with Crippen molar-refractivity contribution in [1.82, 2.24) is 9.80 Å². The summed E-state index contributed by atoms with van der Waals surface area (Å²) in [5, 5.41) is 0. The number of ether oxygens (including phenoxy) is 2. The van der Waals surface area contributed by atoms with Gasteiger partial charge in [0, 0.05) is 63.8 Å². The third-order valence-corrected chi connectivity index (χ3v) is 6.15. The van der Waals surface area contributed by atoms with E-state index in [1.165, 1.54) is 19.1 Å². The Morgan fingerprint density at radius 1 is 0.824 bits per heavy atom. The second-order valence-corrected chi connectivity index (χ2v) is 8.18. The Bertz CT molecular complexity index is 1090. The van der Waals surface area contributed by atoms with Crippen LogP contribution < -0.4 is 4.90 Å². The lowest BCUT2D eigenvalue weighted by molar-refractivity contribution is -0.133. The Kier molecular flexibility index (Phi) is 7.40. The van der Waals surface area contributed by atoms with E-state index in [0.29, 0.717) is 37.3 Å². The number of benzene rings is 2. The molecule has 2 aromatic carbocycles. The van der Waals surface area contributed by atoms with Crippen molar-refractivity contribution >= 4 is 23.2 Å². The molecule has 1 heterocycles. The number of para-hydroxylation sites is 1. The number of rotatable bonds is 8. The number of fused-ring (bicyclic) bond motifs is 1. The largest absolute Gasteiger partial charge is 0.383 e. The van der Waals surface area contributed by atoms with E-state index in [-0.39, 0.29) is 42.7 Å². The number of carbonyl (C=O) groups is 3. The van der Waals surface area contributed by atoms with Crippen LogP contribution in [0.25, 0.3) is 0 Å². The highest BCUT2D eigenvalue weighted by Crippen LogP contribution is 2.31. The summed E-state index contributed by atoms with van der Waals surface area (Å²) < 4.78 is 10.3. The van der Waals surface area contributed by atoms with Crippen LogP contribution in [0.2, 0.25) is 0 Å². The minimum Gasteiger partial charge on any atom is -0.383 e. The molecule has 0 saturated carbocycles. The van der Waals surface area contributed by atoms with Gasteiger partial charge in [0.25, 0.3) is 5.91 Å². The molecule has 0 aromatic heterocycles. The van der Waals surface area contributed by atoms with Crippen LogP contribution in [0.15, 0.2) is 66.0 Å². The Morgan fingerprint density at radius 3 is 2.03 bits per heavy atom. The Morgan fingerprint density at radius 2 is 1.41 bits per heavy atom. The molecule has 0 bridgehead atoms. The molecular weight excluding hydrogens is 434 g/mol. The first-order valence-corrected chi connectivity index (χ1v) is 11.3. The van der Waals surface area contributed by atoms with Crippen LogP contribution in [0, 0.1) is 0 Å². The van der Waals surface area contributed by atoms with Crippen LogP contribution in [0.3, 0.4) is 0 Å². The zero-order valence-electron chi connectivity index (χ0n) is 19.5. The molecule has 0 unspecified atom stereocenters. The maximum Gasteiger partial charge on any atom is 0.253 e. The van der Waals surface area contributed by atoms with Gasteiger partial charge in [-0.25, -0.2) is 0 Å². The number of hydrogen-bond donors (Lipinski definition) is 0. The van der Waals surface area contributed by atoms with Gasteiger partial charge in [-0.2, -0.15) is 0 Å². The number of methoxy groups -OCH3 is 2. The molecule has 178 valence electrons. The number of Topliss-reactive ketones (excluding diaryl/α,β-unsaturated/α-hetero) is 2. The van der Waals surface area contributed by atoms with Crippen molar-refractivity contribution in [2.24, 2.45) is 0 Å². The van der Waals surface area contributed by atoms with Crippen molar-refractivity contribution in [1.29, 1.82) is 0 Å². The Balaban J connectivity index is 1.73. The third-order valence-electron chi connectivity index (χ3n) is 6.15. The highest BCUT2D eigenvalue weighted by molar-refractivity contribution is 6.27. The lowest BCUT2D eigenvalue weighted by Crippen LogP contribution is -2.50. The smallest absolute Gasteiger partial charge is 0.253 e. The van der Waals surface area contributed by atoms with Crippen molar-refractivity contribution in [3.63, 3.8) is 0 Å². The lowest BCUT2D eigenvalue weighted by Gasteiger charge is -2.40. The molecule has 8 heteroatoms. The van der Waals surface area contributed by atoms with Gasteiger partial charge in [-0.1, -0.05) is 42.5 Å². The number of nitrogens with zero attached hydrogens (tertiary/aromatic N) is 3. The van der Waals surface area contributed by atoms with Crippen molar-refractivity contribution in [2.45, 2.75) is 0 Å². The van der Waals surface area contributed by atoms with Gasteiger partial charge in [-0.15, -0.1) is 0 Å². The van der Waals surface area contributed by atoms with Crippen LogP contribution in [0.5, 0.6) is 0 Å². The molecule has 0 atom stereocenters. The molecule has 2 aliphatic rings. The van der Waals surface area contributed by atoms with Crippen molar-refractivity contribution in [3.05, 3.63) is 77.1 Å². The monoisotopic (exact) mass is 463 g/mol. The van der Waals surface area contributed by atoms with Crippen molar-refractivity contribution in [3.8, 4) is 0 Å². The third kappa shape index (κ3) is 4.60. The molecule has 0 N–H and O–H groups in total. The predicted molar refractivity (Wildman–Crippen MR) is 128 cm³/mol. The zero-order chi connectivity index (χ0) is 24.1.